The third kappa shape index (κ3) is 4.25. The minimum Gasteiger partial charge on any atom is -0.493 e. The molecule has 162 valence electrons. The number of hydrogen-bond donors (Lipinski definition) is 2. The van der Waals surface area contributed by atoms with Gasteiger partial charge in [-0.3, -0.25) is 0 Å². The van der Waals surface area contributed by atoms with Gasteiger partial charge in [-0.25, -0.2) is 9.98 Å². The number of rotatable bonds is 7. The Balaban J connectivity index is 1.58. The molecule has 0 bridgehead atoms. The molecule has 2 heterocycles. The summed E-state index contributed by atoms with van der Waals surface area (Å²) in [6.07, 6.45) is 5.02. The molecule has 7 nitrogen and oxygen atoms in total. The van der Waals surface area contributed by atoms with E-state index in [0.29, 0.717) is 25.2 Å². The van der Waals surface area contributed by atoms with Crippen LogP contribution in [0.2, 0.25) is 0 Å². The summed E-state index contributed by atoms with van der Waals surface area (Å²) in [4.78, 5) is 15.3. The van der Waals surface area contributed by atoms with Gasteiger partial charge in [-0.2, -0.15) is 0 Å². The minimum atomic E-state index is 0.294. The Bertz CT molecular complexity index is 899. The number of aromatic nitrogens is 2. The molecule has 30 heavy (non-hydrogen) atoms. The van der Waals surface area contributed by atoms with Crippen LogP contribution < -0.4 is 19.7 Å². The van der Waals surface area contributed by atoms with E-state index in [9.17, 15) is 0 Å². The van der Waals surface area contributed by atoms with Crippen LogP contribution in [0.5, 0.6) is 11.5 Å². The molecule has 0 atom stereocenters. The summed E-state index contributed by atoms with van der Waals surface area (Å²) in [6, 6.07) is 6.21. The van der Waals surface area contributed by atoms with Crippen molar-refractivity contribution in [1.82, 2.24) is 15.3 Å². The maximum Gasteiger partial charge on any atom is 0.161 e. The Labute approximate surface area is 178 Å². The number of ether oxygens (including phenoxy) is 2. The monoisotopic (exact) mass is 411 g/mol. The molecule has 7 heteroatoms. The van der Waals surface area contributed by atoms with E-state index in [0.717, 1.165) is 59.6 Å². The number of H-pyrrole nitrogens is 1. The fourth-order valence-electron chi connectivity index (χ4n) is 4.11. The van der Waals surface area contributed by atoms with E-state index >= 15 is 0 Å². The van der Waals surface area contributed by atoms with Crippen molar-refractivity contribution in [2.45, 2.75) is 65.0 Å². The summed E-state index contributed by atoms with van der Waals surface area (Å²) in [5.74, 6) is 4.78. The van der Waals surface area contributed by atoms with E-state index in [1.165, 1.54) is 12.8 Å². The lowest BCUT2D eigenvalue weighted by atomic mass is 10.1. The molecule has 0 unspecified atom stereocenters. The standard InChI is InChI=1S/C23H33N5O2/c1-5-24-22-20-23(27-21(26-20)15(2)3)28(14-25-22)13-16-10-11-18(29-4)19(12-16)30-17-8-6-7-9-17/h10-12,15,17H,5-9,13-14H2,1-4H3,(H,24,25)(H,26,27). The number of amidine groups is 1. The van der Waals surface area contributed by atoms with E-state index < -0.39 is 0 Å². The highest BCUT2D eigenvalue weighted by Gasteiger charge is 2.26. The first-order chi connectivity index (χ1) is 14.6. The molecule has 2 N–H and O–H groups in total. The summed E-state index contributed by atoms with van der Waals surface area (Å²) in [5, 5.41) is 3.36. The van der Waals surface area contributed by atoms with Crippen molar-refractivity contribution in [1.29, 1.82) is 0 Å². The van der Waals surface area contributed by atoms with Crippen LogP contribution in [0.25, 0.3) is 0 Å². The summed E-state index contributed by atoms with van der Waals surface area (Å²) >= 11 is 0. The molecule has 0 saturated heterocycles. The first-order valence-electron chi connectivity index (χ1n) is 11.1. The average molecular weight is 412 g/mol. The highest BCUT2D eigenvalue weighted by molar-refractivity contribution is 6.02. The average Bonchev–Trinajstić information content (AvgIpc) is 3.40. The van der Waals surface area contributed by atoms with Gasteiger partial charge in [-0.1, -0.05) is 19.9 Å². The molecule has 0 spiro atoms. The second-order valence-electron chi connectivity index (χ2n) is 8.36. The number of aromatic amines is 1. The Morgan fingerprint density at radius 1 is 1.23 bits per heavy atom. The van der Waals surface area contributed by atoms with Gasteiger partial charge in [0.15, 0.2) is 23.2 Å². The van der Waals surface area contributed by atoms with Gasteiger partial charge in [0.25, 0.3) is 0 Å². The number of nitrogens with one attached hydrogen (secondary N) is 2. The Morgan fingerprint density at radius 3 is 2.73 bits per heavy atom. The number of fused-ring (bicyclic) bond motifs is 1. The highest BCUT2D eigenvalue weighted by atomic mass is 16.5. The number of benzene rings is 1. The fourth-order valence-corrected chi connectivity index (χ4v) is 4.11. The molecule has 1 saturated carbocycles. The van der Waals surface area contributed by atoms with Gasteiger partial charge in [-0.05, 0) is 50.3 Å². The van der Waals surface area contributed by atoms with E-state index in [-0.39, 0.29) is 0 Å². The summed E-state index contributed by atoms with van der Waals surface area (Å²) in [6.45, 7) is 8.49. The van der Waals surface area contributed by atoms with E-state index in [1.807, 2.05) is 6.07 Å². The molecule has 0 amide bonds. The maximum absolute atomic E-state index is 6.28. The lowest BCUT2D eigenvalue weighted by Crippen LogP contribution is -2.35. The molecule has 1 aliphatic carbocycles. The second kappa shape index (κ2) is 8.98. The van der Waals surface area contributed by atoms with Gasteiger partial charge >= 0.3 is 0 Å². The predicted octanol–water partition coefficient (Wildman–Crippen LogP) is 4.20. The molecule has 2 aromatic rings. The number of nitrogens with zero attached hydrogens (tertiary/aromatic N) is 3. The lowest BCUT2D eigenvalue weighted by Gasteiger charge is -2.27. The smallest absolute Gasteiger partial charge is 0.161 e. The summed E-state index contributed by atoms with van der Waals surface area (Å²) < 4.78 is 11.8. The zero-order chi connectivity index (χ0) is 21.1. The second-order valence-corrected chi connectivity index (χ2v) is 8.36. The van der Waals surface area contributed by atoms with Crippen molar-refractivity contribution in [3.63, 3.8) is 0 Å². The van der Waals surface area contributed by atoms with E-state index in [1.54, 1.807) is 7.11 Å². The van der Waals surface area contributed by atoms with E-state index in [4.69, 9.17) is 19.5 Å². The van der Waals surface area contributed by atoms with Crippen LogP contribution in [0.1, 0.15) is 69.5 Å². The molecule has 1 aromatic heterocycles. The van der Waals surface area contributed by atoms with Crippen molar-refractivity contribution in [3.8, 4) is 11.5 Å². The fraction of sp³-hybridized carbons (Fsp3) is 0.565. The number of aliphatic imine (C=N–C) groups is 1. The molecule has 1 fully saturated rings. The number of imidazole rings is 1. The quantitative estimate of drug-likeness (QED) is 0.714. The predicted molar refractivity (Wildman–Crippen MR) is 120 cm³/mol. The lowest BCUT2D eigenvalue weighted by molar-refractivity contribution is 0.200. The molecule has 4 rings (SSSR count). The van der Waals surface area contributed by atoms with Crippen molar-refractivity contribution in [2.75, 3.05) is 25.2 Å². The largest absolute Gasteiger partial charge is 0.493 e. The molecule has 1 aromatic carbocycles. The van der Waals surface area contributed by atoms with Crippen LogP contribution in [0.4, 0.5) is 5.82 Å². The SMILES string of the molecule is CCNC1=NCN(Cc2ccc(OC)c(OC3CCCC3)c2)c2nc(C(C)C)[nH]c21. The van der Waals surface area contributed by atoms with Crippen LogP contribution in [-0.4, -0.2) is 42.2 Å². The van der Waals surface area contributed by atoms with Gasteiger partial charge in [0.05, 0.1) is 13.2 Å². The van der Waals surface area contributed by atoms with E-state index in [2.05, 4.69) is 48.1 Å². The minimum absolute atomic E-state index is 0.294. The van der Waals surface area contributed by atoms with Crippen LogP contribution in [0.15, 0.2) is 23.2 Å². The van der Waals surface area contributed by atoms with Crippen LogP contribution in [0, 0.1) is 0 Å². The normalized spacial score (nSPS) is 16.6. The van der Waals surface area contributed by atoms with Gasteiger partial charge in [0.1, 0.15) is 18.2 Å². The number of hydrogen-bond acceptors (Lipinski definition) is 6. The molecular formula is C23H33N5O2. The summed E-state index contributed by atoms with van der Waals surface area (Å²) in [5.41, 5.74) is 2.13. The zero-order valence-corrected chi connectivity index (χ0v) is 18.5. The Hall–Kier alpha value is -2.70. The van der Waals surface area contributed by atoms with Gasteiger partial charge in [-0.15, -0.1) is 0 Å². The van der Waals surface area contributed by atoms with Crippen molar-refractivity contribution >= 4 is 11.7 Å². The van der Waals surface area contributed by atoms with Crippen molar-refractivity contribution in [2.24, 2.45) is 4.99 Å². The van der Waals surface area contributed by atoms with Crippen LogP contribution >= 0.6 is 0 Å². The van der Waals surface area contributed by atoms with Crippen molar-refractivity contribution < 1.29 is 9.47 Å². The highest BCUT2D eigenvalue weighted by Crippen LogP contribution is 2.34. The zero-order valence-electron chi connectivity index (χ0n) is 18.5. The van der Waals surface area contributed by atoms with Gasteiger partial charge in [0.2, 0.25) is 0 Å². The van der Waals surface area contributed by atoms with Gasteiger partial charge < -0.3 is 24.7 Å². The number of anilines is 1. The van der Waals surface area contributed by atoms with Gasteiger partial charge in [0, 0.05) is 19.0 Å². The van der Waals surface area contributed by atoms with Crippen LogP contribution in [-0.2, 0) is 6.54 Å². The molecular weight excluding hydrogens is 378 g/mol. The third-order valence-corrected chi connectivity index (χ3v) is 5.73. The number of methoxy groups -OCH3 is 1. The molecule has 1 aliphatic heterocycles. The topological polar surface area (TPSA) is 74.8 Å². The van der Waals surface area contributed by atoms with Crippen LogP contribution in [0.3, 0.4) is 0 Å². The first kappa shape index (κ1) is 20.6. The third-order valence-electron chi connectivity index (χ3n) is 5.73. The molecule has 2 aliphatic rings. The molecule has 0 radical (unpaired) electrons. The Kier molecular flexibility index (Phi) is 6.16. The summed E-state index contributed by atoms with van der Waals surface area (Å²) in [7, 11) is 1.70. The maximum atomic E-state index is 6.28. The van der Waals surface area contributed by atoms with Crippen molar-refractivity contribution in [3.05, 3.63) is 35.3 Å². The first-order valence-corrected chi connectivity index (χ1v) is 11.1. The Morgan fingerprint density at radius 2 is 2.03 bits per heavy atom.